The summed E-state index contributed by atoms with van der Waals surface area (Å²) in [6.45, 7) is 0.151. The van der Waals surface area contributed by atoms with Crippen LogP contribution in [-0.2, 0) is 18.4 Å². The van der Waals surface area contributed by atoms with Crippen LogP contribution < -0.4 is 10.6 Å². The van der Waals surface area contributed by atoms with Gasteiger partial charge in [-0.3, -0.25) is 19.2 Å². The fourth-order valence-electron chi connectivity index (χ4n) is 2.30. The van der Waals surface area contributed by atoms with E-state index in [2.05, 4.69) is 15.7 Å². The lowest BCUT2D eigenvalue weighted by Gasteiger charge is -2.13. The first-order chi connectivity index (χ1) is 11.0. The predicted octanol–water partition coefficient (Wildman–Crippen LogP) is 0.724. The number of hydrogen-bond acceptors (Lipinski definition) is 4. The molecular formula is C15H15N5O3. The molecule has 4 amide bonds. The van der Waals surface area contributed by atoms with Crippen LogP contribution in [0.2, 0.25) is 0 Å². The smallest absolute Gasteiger partial charge is 0.324 e. The maximum atomic E-state index is 12.2. The number of anilines is 1. The van der Waals surface area contributed by atoms with Crippen molar-refractivity contribution in [2.24, 2.45) is 7.05 Å². The molecule has 0 spiro atoms. The number of nitrogens with one attached hydrogen (secondary N) is 2. The van der Waals surface area contributed by atoms with Crippen LogP contribution in [0.15, 0.2) is 36.7 Å². The summed E-state index contributed by atoms with van der Waals surface area (Å²) in [6.07, 6.45) is 3.24. The fourth-order valence-corrected chi connectivity index (χ4v) is 2.30. The van der Waals surface area contributed by atoms with Crippen LogP contribution in [0.1, 0.15) is 15.9 Å². The lowest BCUT2D eigenvalue weighted by atomic mass is 10.1. The molecule has 1 aliphatic rings. The lowest BCUT2D eigenvalue weighted by Crippen LogP contribution is -2.30. The molecule has 8 heteroatoms. The van der Waals surface area contributed by atoms with Crippen molar-refractivity contribution < 1.29 is 14.4 Å². The maximum absolute atomic E-state index is 12.2. The zero-order valence-corrected chi connectivity index (χ0v) is 12.4. The number of hydrogen-bond donors (Lipinski definition) is 2. The second-order valence-electron chi connectivity index (χ2n) is 5.20. The molecule has 0 bridgehead atoms. The number of urea groups is 1. The molecule has 1 aromatic heterocycles. The van der Waals surface area contributed by atoms with Gasteiger partial charge in [-0.1, -0.05) is 12.1 Å². The van der Waals surface area contributed by atoms with Crippen LogP contribution in [-0.4, -0.2) is 39.1 Å². The van der Waals surface area contributed by atoms with Crippen LogP contribution in [0.4, 0.5) is 10.5 Å². The van der Waals surface area contributed by atoms with Crippen molar-refractivity contribution in [1.29, 1.82) is 0 Å². The minimum atomic E-state index is -0.416. The van der Waals surface area contributed by atoms with E-state index in [1.54, 1.807) is 48.4 Å². The summed E-state index contributed by atoms with van der Waals surface area (Å²) < 4.78 is 1.59. The van der Waals surface area contributed by atoms with Gasteiger partial charge < -0.3 is 10.6 Å². The molecule has 0 aliphatic carbocycles. The molecule has 23 heavy (non-hydrogen) atoms. The molecule has 1 aliphatic heterocycles. The van der Waals surface area contributed by atoms with E-state index in [0.717, 1.165) is 4.90 Å². The number of carbonyl (C=O) groups is 3. The summed E-state index contributed by atoms with van der Waals surface area (Å²) >= 11 is 0. The number of carbonyl (C=O) groups excluding carboxylic acids is 3. The van der Waals surface area contributed by atoms with Gasteiger partial charge in [0, 0.05) is 18.8 Å². The number of amides is 4. The molecule has 2 heterocycles. The Morgan fingerprint density at radius 1 is 1.39 bits per heavy atom. The molecule has 118 valence electrons. The Morgan fingerprint density at radius 2 is 2.22 bits per heavy atom. The minimum Gasteiger partial charge on any atom is -0.329 e. The summed E-state index contributed by atoms with van der Waals surface area (Å²) in [5.41, 5.74) is 1.74. The first kappa shape index (κ1) is 14.8. The van der Waals surface area contributed by atoms with Gasteiger partial charge in [0.1, 0.15) is 0 Å². The van der Waals surface area contributed by atoms with E-state index in [1.807, 2.05) is 0 Å². The van der Waals surface area contributed by atoms with Crippen molar-refractivity contribution in [3.8, 4) is 0 Å². The molecule has 0 saturated carbocycles. The molecule has 0 unspecified atom stereocenters. The number of imide groups is 1. The highest BCUT2D eigenvalue weighted by Gasteiger charge is 2.28. The van der Waals surface area contributed by atoms with E-state index in [4.69, 9.17) is 0 Å². The summed E-state index contributed by atoms with van der Waals surface area (Å²) in [5, 5.41) is 9.18. The zero-order chi connectivity index (χ0) is 16.4. The van der Waals surface area contributed by atoms with Crippen molar-refractivity contribution >= 4 is 23.5 Å². The summed E-state index contributed by atoms with van der Waals surface area (Å²) in [7, 11) is 1.76. The molecular weight excluding hydrogens is 298 g/mol. The van der Waals surface area contributed by atoms with Crippen LogP contribution in [0.25, 0.3) is 0 Å². The average Bonchev–Trinajstić information content (AvgIpc) is 3.08. The van der Waals surface area contributed by atoms with Gasteiger partial charge >= 0.3 is 6.03 Å². The lowest BCUT2D eigenvalue weighted by molar-refractivity contribution is -0.125. The third kappa shape index (κ3) is 3.20. The Bertz CT molecular complexity index is 767. The largest absolute Gasteiger partial charge is 0.329 e. The molecule has 0 radical (unpaired) electrons. The maximum Gasteiger partial charge on any atom is 0.324 e. The Labute approximate surface area is 132 Å². The number of aryl methyl sites for hydroxylation is 1. The highest BCUT2D eigenvalue weighted by molar-refractivity contribution is 6.04. The van der Waals surface area contributed by atoms with E-state index in [9.17, 15) is 14.4 Å². The van der Waals surface area contributed by atoms with E-state index in [1.165, 1.54) is 0 Å². The standard InChI is InChI=1S/C15H15N5O3/c1-19-9-12(6-17-19)18-14(22)11-4-2-3-10(5-11)8-20-13(21)7-16-15(20)23/h2-6,9H,7-8H2,1H3,(H,16,23)(H,18,22). The van der Waals surface area contributed by atoms with Crippen LogP contribution >= 0.6 is 0 Å². The zero-order valence-electron chi connectivity index (χ0n) is 12.4. The van der Waals surface area contributed by atoms with Gasteiger partial charge in [-0.15, -0.1) is 0 Å². The van der Waals surface area contributed by atoms with Gasteiger partial charge in [-0.25, -0.2) is 4.79 Å². The van der Waals surface area contributed by atoms with E-state index in [0.29, 0.717) is 16.8 Å². The monoisotopic (exact) mass is 313 g/mol. The molecule has 3 rings (SSSR count). The normalized spacial score (nSPS) is 14.0. The van der Waals surface area contributed by atoms with E-state index >= 15 is 0 Å². The minimum absolute atomic E-state index is 0.0139. The van der Waals surface area contributed by atoms with Crippen LogP contribution in [0, 0.1) is 0 Å². The van der Waals surface area contributed by atoms with Gasteiger partial charge in [0.05, 0.1) is 25.0 Å². The molecule has 8 nitrogen and oxygen atoms in total. The topological polar surface area (TPSA) is 96.3 Å². The molecule has 1 saturated heterocycles. The van der Waals surface area contributed by atoms with Crippen LogP contribution in [0.5, 0.6) is 0 Å². The molecule has 1 fully saturated rings. The summed E-state index contributed by atoms with van der Waals surface area (Å²) in [6, 6.07) is 6.39. The van der Waals surface area contributed by atoms with Gasteiger partial charge in [-0.2, -0.15) is 5.10 Å². The van der Waals surface area contributed by atoms with E-state index < -0.39 is 6.03 Å². The van der Waals surface area contributed by atoms with Crippen molar-refractivity contribution in [2.45, 2.75) is 6.54 Å². The first-order valence-corrected chi connectivity index (χ1v) is 7.00. The van der Waals surface area contributed by atoms with Crippen molar-refractivity contribution in [1.82, 2.24) is 20.0 Å². The van der Waals surface area contributed by atoms with Crippen LogP contribution in [0.3, 0.4) is 0 Å². The second-order valence-corrected chi connectivity index (χ2v) is 5.20. The first-order valence-electron chi connectivity index (χ1n) is 7.00. The Morgan fingerprint density at radius 3 is 2.87 bits per heavy atom. The number of nitrogens with zero attached hydrogens (tertiary/aromatic N) is 3. The van der Waals surface area contributed by atoms with Crippen molar-refractivity contribution in [3.05, 3.63) is 47.8 Å². The number of rotatable bonds is 4. The third-order valence-electron chi connectivity index (χ3n) is 3.43. The second kappa shape index (κ2) is 5.91. The van der Waals surface area contributed by atoms with Gasteiger partial charge in [-0.05, 0) is 17.7 Å². The molecule has 2 N–H and O–H groups in total. The Balaban J connectivity index is 1.73. The third-order valence-corrected chi connectivity index (χ3v) is 3.43. The molecule has 0 atom stereocenters. The van der Waals surface area contributed by atoms with Crippen molar-refractivity contribution in [3.63, 3.8) is 0 Å². The number of aromatic nitrogens is 2. The Hall–Kier alpha value is -3.16. The Kier molecular flexibility index (Phi) is 3.80. The summed E-state index contributed by atoms with van der Waals surface area (Å²) in [4.78, 5) is 36.5. The van der Waals surface area contributed by atoms with E-state index in [-0.39, 0.29) is 24.9 Å². The summed E-state index contributed by atoms with van der Waals surface area (Å²) in [5.74, 6) is -0.558. The average molecular weight is 313 g/mol. The highest BCUT2D eigenvalue weighted by Crippen LogP contribution is 2.13. The molecule has 1 aromatic carbocycles. The van der Waals surface area contributed by atoms with Gasteiger partial charge in [0.25, 0.3) is 5.91 Å². The van der Waals surface area contributed by atoms with Crippen molar-refractivity contribution in [2.75, 3.05) is 11.9 Å². The fraction of sp³-hybridized carbons (Fsp3) is 0.200. The number of benzene rings is 1. The SMILES string of the molecule is Cn1cc(NC(=O)c2cccc(CN3C(=O)CNC3=O)c2)cn1. The highest BCUT2D eigenvalue weighted by atomic mass is 16.2. The van der Waals surface area contributed by atoms with Gasteiger partial charge in [0.2, 0.25) is 5.91 Å². The quantitative estimate of drug-likeness (QED) is 0.813. The predicted molar refractivity (Wildman–Crippen MR) is 81.6 cm³/mol. The van der Waals surface area contributed by atoms with Gasteiger partial charge in [0.15, 0.2) is 0 Å². The molecule has 2 aromatic rings.